The van der Waals surface area contributed by atoms with Crippen molar-refractivity contribution < 1.29 is 4.79 Å². The van der Waals surface area contributed by atoms with Gasteiger partial charge in [0.15, 0.2) is 0 Å². The molecule has 0 bridgehead atoms. The lowest BCUT2D eigenvalue weighted by molar-refractivity contribution is 0.0802. The molecular formula is C12H16N2O. The quantitative estimate of drug-likeness (QED) is 0.684. The van der Waals surface area contributed by atoms with Crippen LogP contribution in [0.5, 0.6) is 0 Å². The average Bonchev–Trinajstić information content (AvgIpc) is 2.66. The Hall–Kier alpha value is -1.69. The molecule has 0 saturated heterocycles. The van der Waals surface area contributed by atoms with E-state index in [1.807, 2.05) is 22.9 Å². The first-order valence-corrected chi connectivity index (χ1v) is 5.04. The number of hydrogen-bond acceptors (Lipinski definition) is 1. The van der Waals surface area contributed by atoms with Crippen molar-refractivity contribution in [2.24, 2.45) is 0 Å². The molecule has 1 heterocycles. The summed E-state index contributed by atoms with van der Waals surface area (Å²) in [5.41, 5.74) is 0.703. The first-order valence-electron chi connectivity index (χ1n) is 5.04. The van der Waals surface area contributed by atoms with Gasteiger partial charge >= 0.3 is 0 Å². The van der Waals surface area contributed by atoms with Crippen LogP contribution in [0.1, 0.15) is 23.8 Å². The minimum absolute atomic E-state index is 0.0219. The zero-order valence-electron chi connectivity index (χ0n) is 9.23. The highest BCUT2D eigenvalue weighted by atomic mass is 16.2. The maximum Gasteiger partial charge on any atom is 0.270 e. The van der Waals surface area contributed by atoms with Crippen LogP contribution < -0.4 is 0 Å². The van der Waals surface area contributed by atoms with Crippen molar-refractivity contribution >= 4 is 5.91 Å². The van der Waals surface area contributed by atoms with Gasteiger partial charge in [-0.05, 0) is 18.6 Å². The largest absolute Gasteiger partial charge is 0.344 e. The normalized spacial score (nSPS) is 9.67. The highest BCUT2D eigenvalue weighted by molar-refractivity contribution is 5.92. The minimum Gasteiger partial charge on any atom is -0.344 e. The molecule has 15 heavy (non-hydrogen) atoms. The summed E-state index contributed by atoms with van der Waals surface area (Å²) in [6.07, 6.45) is 8.09. The number of aryl methyl sites for hydroxylation is 1. The summed E-state index contributed by atoms with van der Waals surface area (Å²) < 4.78 is 1.95. The molecule has 3 nitrogen and oxygen atoms in total. The topological polar surface area (TPSA) is 25.2 Å². The maximum absolute atomic E-state index is 11.9. The number of nitrogens with zero attached hydrogens (tertiary/aromatic N) is 2. The first kappa shape index (κ1) is 11.4. The zero-order valence-corrected chi connectivity index (χ0v) is 9.23. The number of amides is 1. The average molecular weight is 204 g/mol. The summed E-state index contributed by atoms with van der Waals surface area (Å²) in [6, 6.07) is 3.71. The van der Waals surface area contributed by atoms with E-state index in [0.29, 0.717) is 12.2 Å². The molecule has 80 valence electrons. The molecule has 3 heteroatoms. The van der Waals surface area contributed by atoms with E-state index >= 15 is 0 Å². The molecule has 1 rings (SSSR count). The third kappa shape index (κ3) is 2.63. The Morgan fingerprint density at radius 1 is 1.67 bits per heavy atom. The lowest BCUT2D eigenvalue weighted by Crippen LogP contribution is -2.28. The third-order valence-electron chi connectivity index (χ3n) is 2.19. The van der Waals surface area contributed by atoms with Crippen LogP contribution in [0.4, 0.5) is 0 Å². The molecule has 0 fully saturated rings. The SMILES string of the molecule is C#CCN(C)C(=O)c1cccn1CCC. The Balaban J connectivity index is 2.82. The van der Waals surface area contributed by atoms with E-state index in [1.54, 1.807) is 11.9 Å². The second kappa shape index (κ2) is 5.26. The van der Waals surface area contributed by atoms with Crippen molar-refractivity contribution in [1.82, 2.24) is 9.47 Å². The molecule has 0 spiro atoms. The molecule has 0 aromatic carbocycles. The van der Waals surface area contributed by atoms with Gasteiger partial charge in [-0.25, -0.2) is 0 Å². The maximum atomic E-state index is 11.9. The highest BCUT2D eigenvalue weighted by Crippen LogP contribution is 2.06. The van der Waals surface area contributed by atoms with Crippen LogP contribution in [0.2, 0.25) is 0 Å². The fourth-order valence-electron chi connectivity index (χ4n) is 1.45. The van der Waals surface area contributed by atoms with Crippen molar-refractivity contribution in [3.8, 4) is 12.3 Å². The van der Waals surface area contributed by atoms with Crippen LogP contribution in [0.25, 0.3) is 0 Å². The van der Waals surface area contributed by atoms with Crippen molar-refractivity contribution in [2.45, 2.75) is 19.9 Å². The molecule has 1 amide bonds. The Morgan fingerprint density at radius 2 is 2.40 bits per heavy atom. The Kier molecular flexibility index (Phi) is 3.99. The summed E-state index contributed by atoms with van der Waals surface area (Å²) in [6.45, 7) is 3.29. The van der Waals surface area contributed by atoms with Gasteiger partial charge < -0.3 is 9.47 Å². The van der Waals surface area contributed by atoms with E-state index in [0.717, 1.165) is 13.0 Å². The Morgan fingerprint density at radius 3 is 3.00 bits per heavy atom. The fraction of sp³-hybridized carbons (Fsp3) is 0.417. The molecule has 0 aliphatic rings. The molecule has 0 N–H and O–H groups in total. The van der Waals surface area contributed by atoms with Gasteiger partial charge in [0.05, 0.1) is 6.54 Å². The number of carbonyl (C=O) groups is 1. The molecule has 0 atom stereocenters. The van der Waals surface area contributed by atoms with Gasteiger partial charge in [-0.15, -0.1) is 6.42 Å². The highest BCUT2D eigenvalue weighted by Gasteiger charge is 2.13. The predicted octanol–water partition coefficient (Wildman–Crippen LogP) is 1.60. The fourth-order valence-corrected chi connectivity index (χ4v) is 1.45. The molecule has 1 aromatic rings. The standard InChI is InChI=1S/C12H16N2O/c1-4-8-13(3)12(15)11-7-6-10-14(11)9-5-2/h1,6-7,10H,5,8-9H2,2-3H3. The number of carbonyl (C=O) groups excluding carboxylic acids is 1. The van der Waals surface area contributed by atoms with Gasteiger partial charge in [-0.2, -0.15) is 0 Å². The monoisotopic (exact) mass is 204 g/mol. The number of rotatable bonds is 4. The molecular weight excluding hydrogens is 188 g/mol. The van der Waals surface area contributed by atoms with Gasteiger partial charge in [0.25, 0.3) is 5.91 Å². The van der Waals surface area contributed by atoms with Crippen molar-refractivity contribution in [3.63, 3.8) is 0 Å². The first-order chi connectivity index (χ1) is 7.20. The van der Waals surface area contributed by atoms with Gasteiger partial charge in [0.1, 0.15) is 5.69 Å². The summed E-state index contributed by atoms with van der Waals surface area (Å²) in [7, 11) is 1.71. The van der Waals surface area contributed by atoms with Crippen molar-refractivity contribution in [3.05, 3.63) is 24.0 Å². The molecule has 1 aromatic heterocycles. The lowest BCUT2D eigenvalue weighted by Gasteiger charge is -2.15. The van der Waals surface area contributed by atoms with Crippen LogP contribution in [0.3, 0.4) is 0 Å². The molecule has 0 aliphatic heterocycles. The van der Waals surface area contributed by atoms with E-state index in [9.17, 15) is 4.79 Å². The smallest absolute Gasteiger partial charge is 0.270 e. The van der Waals surface area contributed by atoms with E-state index in [4.69, 9.17) is 6.42 Å². The van der Waals surface area contributed by atoms with Crippen LogP contribution in [-0.4, -0.2) is 29.0 Å². The molecule has 0 unspecified atom stereocenters. The number of hydrogen-bond donors (Lipinski definition) is 0. The van der Waals surface area contributed by atoms with Gasteiger partial charge in [0.2, 0.25) is 0 Å². The van der Waals surface area contributed by atoms with E-state index < -0.39 is 0 Å². The van der Waals surface area contributed by atoms with Crippen LogP contribution >= 0.6 is 0 Å². The molecule has 0 saturated carbocycles. The molecule has 0 aliphatic carbocycles. The summed E-state index contributed by atoms with van der Waals surface area (Å²) in [5, 5.41) is 0. The van der Waals surface area contributed by atoms with Crippen LogP contribution in [0, 0.1) is 12.3 Å². The predicted molar refractivity (Wildman–Crippen MR) is 60.5 cm³/mol. The van der Waals surface area contributed by atoms with Crippen LogP contribution in [-0.2, 0) is 6.54 Å². The second-order valence-electron chi connectivity index (χ2n) is 3.45. The minimum atomic E-state index is -0.0219. The van der Waals surface area contributed by atoms with E-state index in [-0.39, 0.29) is 5.91 Å². The van der Waals surface area contributed by atoms with Gasteiger partial charge in [-0.3, -0.25) is 4.79 Å². The van der Waals surface area contributed by atoms with E-state index in [2.05, 4.69) is 12.8 Å². The third-order valence-corrected chi connectivity index (χ3v) is 2.19. The number of aromatic nitrogens is 1. The second-order valence-corrected chi connectivity index (χ2v) is 3.45. The summed E-state index contributed by atoms with van der Waals surface area (Å²) in [4.78, 5) is 13.4. The summed E-state index contributed by atoms with van der Waals surface area (Å²) in [5.74, 6) is 2.44. The van der Waals surface area contributed by atoms with Crippen molar-refractivity contribution in [1.29, 1.82) is 0 Å². The lowest BCUT2D eigenvalue weighted by atomic mass is 10.3. The van der Waals surface area contributed by atoms with Crippen molar-refractivity contribution in [2.75, 3.05) is 13.6 Å². The van der Waals surface area contributed by atoms with Gasteiger partial charge in [-0.1, -0.05) is 12.8 Å². The number of terminal acetylenes is 1. The zero-order chi connectivity index (χ0) is 11.3. The van der Waals surface area contributed by atoms with E-state index in [1.165, 1.54) is 0 Å². The summed E-state index contributed by atoms with van der Waals surface area (Å²) >= 11 is 0. The van der Waals surface area contributed by atoms with Gasteiger partial charge in [0, 0.05) is 19.8 Å². The Bertz CT molecular complexity index is 373. The Labute approximate surface area is 90.7 Å². The molecule has 0 radical (unpaired) electrons. The van der Waals surface area contributed by atoms with Crippen LogP contribution in [0.15, 0.2) is 18.3 Å².